The third-order valence-corrected chi connectivity index (χ3v) is 5.33. The van der Waals surface area contributed by atoms with Crippen LogP contribution in [-0.4, -0.2) is 28.5 Å². The molecule has 0 aromatic carbocycles. The molecule has 8 heteroatoms. The molecule has 0 aromatic rings. The lowest BCUT2D eigenvalue weighted by atomic mass is 10.1. The summed E-state index contributed by atoms with van der Waals surface area (Å²) in [6, 6.07) is 0. The number of nitrogens with two attached hydrogens (primary N) is 1. The van der Waals surface area contributed by atoms with E-state index >= 15 is 0 Å². The van der Waals surface area contributed by atoms with Crippen LogP contribution < -0.4 is 9.86 Å². The molecule has 0 aliphatic carbocycles. The number of hydrogen-bond acceptors (Lipinski definition) is 4. The fourth-order valence-electron chi connectivity index (χ4n) is 1.29. The highest BCUT2D eigenvalue weighted by molar-refractivity contribution is 8.06. The van der Waals surface area contributed by atoms with E-state index in [1.165, 1.54) is 5.57 Å². The van der Waals surface area contributed by atoms with Gasteiger partial charge in [0.25, 0.3) is 0 Å². The minimum absolute atomic E-state index is 0.0680. The Bertz CT molecular complexity index is 541. The van der Waals surface area contributed by atoms with E-state index in [1.54, 1.807) is 6.08 Å². The summed E-state index contributed by atoms with van der Waals surface area (Å²) in [6.45, 7) is 5.99. The third-order valence-electron chi connectivity index (χ3n) is 2.16. The van der Waals surface area contributed by atoms with Gasteiger partial charge in [-0.15, -0.1) is 0 Å². The van der Waals surface area contributed by atoms with Crippen LogP contribution >= 0.6 is 0 Å². The molecule has 0 radical (unpaired) electrons. The lowest BCUT2D eigenvalue weighted by Crippen LogP contribution is -2.33. The summed E-state index contributed by atoms with van der Waals surface area (Å²) in [5.41, 5.74) is 2.28. The van der Waals surface area contributed by atoms with Gasteiger partial charge in [-0.3, -0.25) is 0 Å². The van der Waals surface area contributed by atoms with Gasteiger partial charge in [0.1, 0.15) is 0 Å². The van der Waals surface area contributed by atoms with E-state index in [9.17, 15) is 16.8 Å². The maximum atomic E-state index is 11.3. The Morgan fingerprint density at radius 3 is 2.16 bits per heavy atom. The molecule has 0 saturated heterocycles. The Morgan fingerprint density at radius 2 is 1.68 bits per heavy atom. The molecule has 19 heavy (non-hydrogen) atoms. The van der Waals surface area contributed by atoms with Crippen LogP contribution in [0.15, 0.2) is 23.3 Å². The fraction of sp³-hybridized carbons (Fsp3) is 0.636. The van der Waals surface area contributed by atoms with Crippen LogP contribution in [0.2, 0.25) is 0 Å². The largest absolute Gasteiger partial charge is 0.228 e. The van der Waals surface area contributed by atoms with Crippen molar-refractivity contribution >= 4 is 20.0 Å². The van der Waals surface area contributed by atoms with Crippen LogP contribution in [0.25, 0.3) is 0 Å². The van der Waals surface area contributed by atoms with Crippen molar-refractivity contribution in [1.29, 1.82) is 0 Å². The van der Waals surface area contributed by atoms with Gasteiger partial charge in [-0.25, -0.2) is 26.7 Å². The SMILES string of the molecule is CC(C)=CCC/C(C)=C/CNS(=O)(=O)CS(N)(=O)=O. The molecule has 3 N–H and O–H groups in total. The minimum Gasteiger partial charge on any atom is -0.228 e. The molecule has 6 nitrogen and oxygen atoms in total. The smallest absolute Gasteiger partial charge is 0.227 e. The van der Waals surface area contributed by atoms with E-state index in [2.05, 4.69) is 15.9 Å². The van der Waals surface area contributed by atoms with Gasteiger partial charge in [-0.05, 0) is 33.6 Å². The van der Waals surface area contributed by atoms with Crippen molar-refractivity contribution in [1.82, 2.24) is 4.72 Å². The molecule has 0 fully saturated rings. The summed E-state index contributed by atoms with van der Waals surface area (Å²) in [6.07, 6.45) is 5.55. The van der Waals surface area contributed by atoms with Crippen molar-refractivity contribution in [2.24, 2.45) is 5.14 Å². The molecule has 0 aliphatic heterocycles. The van der Waals surface area contributed by atoms with E-state index in [4.69, 9.17) is 0 Å². The summed E-state index contributed by atoms with van der Waals surface area (Å²) >= 11 is 0. The second-order valence-electron chi connectivity index (χ2n) is 4.61. The molecule has 0 spiro atoms. The second-order valence-corrected chi connectivity index (χ2v) is 8.40. The van der Waals surface area contributed by atoms with E-state index in [0.29, 0.717) is 0 Å². The first kappa shape index (κ1) is 18.3. The van der Waals surface area contributed by atoms with Crippen LogP contribution in [0.1, 0.15) is 33.6 Å². The monoisotopic (exact) mass is 310 g/mol. The van der Waals surface area contributed by atoms with Crippen LogP contribution in [0.5, 0.6) is 0 Å². The highest BCUT2D eigenvalue weighted by atomic mass is 32.3. The average molecular weight is 310 g/mol. The Labute approximate surface area is 115 Å². The fourth-order valence-corrected chi connectivity index (χ4v) is 3.69. The highest BCUT2D eigenvalue weighted by Crippen LogP contribution is 2.06. The molecule has 0 unspecified atom stereocenters. The molecule has 0 bridgehead atoms. The van der Waals surface area contributed by atoms with Crippen molar-refractivity contribution in [3.05, 3.63) is 23.3 Å². The van der Waals surface area contributed by atoms with Crippen LogP contribution in [0.4, 0.5) is 0 Å². The van der Waals surface area contributed by atoms with E-state index in [-0.39, 0.29) is 6.54 Å². The van der Waals surface area contributed by atoms with Crippen molar-refractivity contribution in [2.75, 3.05) is 11.6 Å². The quantitative estimate of drug-likeness (QED) is 0.648. The van der Waals surface area contributed by atoms with Crippen LogP contribution in [0, 0.1) is 0 Å². The molecular formula is C11H22N2O4S2. The first-order chi connectivity index (χ1) is 8.52. The van der Waals surface area contributed by atoms with Gasteiger partial charge < -0.3 is 0 Å². The zero-order valence-electron chi connectivity index (χ0n) is 11.5. The average Bonchev–Trinajstić information content (AvgIpc) is 2.12. The van der Waals surface area contributed by atoms with Crippen LogP contribution in [-0.2, 0) is 20.0 Å². The topological polar surface area (TPSA) is 106 Å². The third kappa shape index (κ3) is 12.1. The van der Waals surface area contributed by atoms with Gasteiger partial charge in [0, 0.05) is 6.54 Å². The lowest BCUT2D eigenvalue weighted by molar-refractivity contribution is 0.583. The van der Waals surface area contributed by atoms with E-state index in [0.717, 1.165) is 18.4 Å². The Hall–Kier alpha value is -0.700. The number of rotatable bonds is 8. The zero-order chi connectivity index (χ0) is 15.1. The maximum absolute atomic E-state index is 11.3. The normalized spacial score (nSPS) is 13.4. The molecule has 0 aliphatic rings. The van der Waals surface area contributed by atoms with E-state index in [1.807, 2.05) is 20.8 Å². The molecule has 0 rings (SSSR count). The summed E-state index contributed by atoms with van der Waals surface area (Å²) in [5, 5.41) is 3.59. The van der Waals surface area contributed by atoms with Crippen molar-refractivity contribution in [3.8, 4) is 0 Å². The molecule has 0 amide bonds. The highest BCUT2D eigenvalue weighted by Gasteiger charge is 2.17. The first-order valence-electron chi connectivity index (χ1n) is 5.78. The van der Waals surface area contributed by atoms with Crippen molar-refractivity contribution < 1.29 is 16.8 Å². The molecule has 0 heterocycles. The number of nitrogens with one attached hydrogen (secondary N) is 1. The predicted molar refractivity (Wildman–Crippen MR) is 77.3 cm³/mol. The van der Waals surface area contributed by atoms with Gasteiger partial charge in [-0.1, -0.05) is 23.3 Å². The standard InChI is InChI=1S/C11H22N2O4S2/c1-10(2)5-4-6-11(3)7-8-13-19(16,17)9-18(12,14)15/h5,7,13H,4,6,8-9H2,1-3H3,(H2,12,14,15)/b11-7+. The summed E-state index contributed by atoms with van der Waals surface area (Å²) < 4.78 is 46.2. The van der Waals surface area contributed by atoms with Crippen LogP contribution in [0.3, 0.4) is 0 Å². The van der Waals surface area contributed by atoms with Gasteiger partial charge >= 0.3 is 0 Å². The first-order valence-corrected chi connectivity index (χ1v) is 9.15. The summed E-state index contributed by atoms with van der Waals surface area (Å²) in [7, 11) is -7.92. The molecule has 0 aromatic heterocycles. The number of hydrogen-bond donors (Lipinski definition) is 2. The summed E-state index contributed by atoms with van der Waals surface area (Å²) in [5.74, 6) is 0. The molecular weight excluding hydrogens is 288 g/mol. The number of sulfonamides is 2. The molecule has 112 valence electrons. The molecule has 0 atom stereocenters. The van der Waals surface area contributed by atoms with Crippen molar-refractivity contribution in [3.63, 3.8) is 0 Å². The minimum atomic E-state index is -4.04. The van der Waals surface area contributed by atoms with Crippen molar-refractivity contribution in [2.45, 2.75) is 33.6 Å². The Kier molecular flexibility index (Phi) is 7.50. The predicted octanol–water partition coefficient (Wildman–Crippen LogP) is 0.845. The number of primary sulfonamides is 1. The molecule has 0 saturated carbocycles. The Morgan fingerprint density at radius 1 is 1.11 bits per heavy atom. The lowest BCUT2D eigenvalue weighted by Gasteiger charge is -2.04. The van der Waals surface area contributed by atoms with E-state index < -0.39 is 25.1 Å². The second kappa shape index (κ2) is 7.78. The zero-order valence-corrected chi connectivity index (χ0v) is 13.1. The number of allylic oxidation sites excluding steroid dienone is 3. The van der Waals surface area contributed by atoms with Gasteiger partial charge in [0.05, 0.1) is 0 Å². The van der Waals surface area contributed by atoms with Gasteiger partial charge in [-0.2, -0.15) is 0 Å². The summed E-state index contributed by atoms with van der Waals surface area (Å²) in [4.78, 5) is 0. The van der Waals surface area contributed by atoms with Gasteiger partial charge in [0.15, 0.2) is 5.08 Å². The Balaban J connectivity index is 4.24. The maximum Gasteiger partial charge on any atom is 0.227 e. The van der Waals surface area contributed by atoms with Gasteiger partial charge in [0.2, 0.25) is 20.0 Å².